The molecule has 0 aliphatic rings. The molecule has 1 aromatic carbocycles. The molecular formula is C12H16BrNO2. The third-order valence-corrected chi connectivity index (χ3v) is 2.88. The highest BCUT2D eigenvalue weighted by atomic mass is 79.9. The maximum Gasteiger partial charge on any atom is 0.128 e. The van der Waals surface area contributed by atoms with Crippen LogP contribution in [0, 0.1) is 0 Å². The van der Waals surface area contributed by atoms with Crippen molar-refractivity contribution in [2.24, 2.45) is 5.16 Å². The topological polar surface area (TPSA) is 52.8 Å². The maximum absolute atomic E-state index is 10.1. The molecule has 0 amide bonds. The predicted molar refractivity (Wildman–Crippen MR) is 68.5 cm³/mol. The van der Waals surface area contributed by atoms with Crippen LogP contribution in [0.5, 0.6) is 5.75 Å². The predicted octanol–water partition coefficient (Wildman–Crippen LogP) is 3.65. The second kappa shape index (κ2) is 4.45. The molecule has 0 saturated carbocycles. The molecule has 2 N–H and O–H groups in total. The van der Waals surface area contributed by atoms with Gasteiger partial charge in [-0.1, -0.05) is 41.9 Å². The van der Waals surface area contributed by atoms with Crippen LogP contribution in [0.1, 0.15) is 38.8 Å². The van der Waals surface area contributed by atoms with E-state index in [4.69, 9.17) is 5.21 Å². The molecule has 3 nitrogen and oxygen atoms in total. The van der Waals surface area contributed by atoms with Gasteiger partial charge in [-0.15, -0.1) is 0 Å². The van der Waals surface area contributed by atoms with Gasteiger partial charge in [0.1, 0.15) is 5.75 Å². The molecule has 0 aromatic heterocycles. The van der Waals surface area contributed by atoms with Gasteiger partial charge >= 0.3 is 0 Å². The van der Waals surface area contributed by atoms with Crippen LogP contribution in [0.4, 0.5) is 0 Å². The fraction of sp³-hybridized carbons (Fsp3) is 0.417. The van der Waals surface area contributed by atoms with Gasteiger partial charge in [0.25, 0.3) is 0 Å². The van der Waals surface area contributed by atoms with Crippen LogP contribution in [-0.2, 0) is 5.41 Å². The van der Waals surface area contributed by atoms with E-state index in [1.807, 2.05) is 26.8 Å². The molecule has 0 aliphatic heterocycles. The summed E-state index contributed by atoms with van der Waals surface area (Å²) in [6, 6.07) is 3.61. The zero-order valence-corrected chi connectivity index (χ0v) is 11.5. The van der Waals surface area contributed by atoms with Gasteiger partial charge in [-0.05, 0) is 24.5 Å². The van der Waals surface area contributed by atoms with Gasteiger partial charge < -0.3 is 10.3 Å². The first kappa shape index (κ1) is 13.0. The monoisotopic (exact) mass is 285 g/mol. The Hall–Kier alpha value is -1.03. The van der Waals surface area contributed by atoms with Gasteiger partial charge in [-0.3, -0.25) is 0 Å². The molecule has 0 spiro atoms. The van der Waals surface area contributed by atoms with Crippen LogP contribution in [0.2, 0.25) is 0 Å². The number of hydrogen-bond acceptors (Lipinski definition) is 3. The highest BCUT2D eigenvalue weighted by molar-refractivity contribution is 9.10. The Morgan fingerprint density at radius 3 is 2.31 bits per heavy atom. The molecule has 0 bridgehead atoms. The van der Waals surface area contributed by atoms with Gasteiger partial charge in [0.15, 0.2) is 0 Å². The van der Waals surface area contributed by atoms with Crippen molar-refractivity contribution in [2.75, 3.05) is 0 Å². The summed E-state index contributed by atoms with van der Waals surface area (Å²) in [6.07, 6.45) is 0. The Kier molecular flexibility index (Phi) is 3.63. The summed E-state index contributed by atoms with van der Waals surface area (Å²) in [5.74, 6) is 0.172. The molecule has 0 aliphatic carbocycles. The van der Waals surface area contributed by atoms with Crippen LogP contribution in [0.25, 0.3) is 0 Å². The highest BCUT2D eigenvalue weighted by Crippen LogP contribution is 2.36. The van der Waals surface area contributed by atoms with Crippen molar-refractivity contribution in [3.8, 4) is 5.75 Å². The Balaban J connectivity index is 3.50. The lowest BCUT2D eigenvalue weighted by atomic mass is 9.85. The first-order chi connectivity index (χ1) is 7.27. The fourth-order valence-electron chi connectivity index (χ4n) is 1.50. The molecule has 0 radical (unpaired) electrons. The van der Waals surface area contributed by atoms with E-state index in [9.17, 15) is 5.11 Å². The number of oxime groups is 1. The zero-order valence-electron chi connectivity index (χ0n) is 9.87. The van der Waals surface area contributed by atoms with Gasteiger partial charge in [-0.25, -0.2) is 0 Å². The SMILES string of the molecule is C/C(=N\O)c1cc(Br)cc(C(C)(C)C)c1O. The van der Waals surface area contributed by atoms with Crippen LogP contribution < -0.4 is 0 Å². The second-order valence-corrected chi connectivity index (χ2v) is 5.70. The first-order valence-electron chi connectivity index (χ1n) is 4.99. The average Bonchev–Trinajstić information content (AvgIpc) is 2.18. The molecular weight excluding hydrogens is 270 g/mol. The normalized spacial score (nSPS) is 12.9. The molecule has 0 unspecified atom stereocenters. The second-order valence-electron chi connectivity index (χ2n) is 4.78. The number of hydrogen-bond donors (Lipinski definition) is 2. The number of phenolic OH excluding ortho intramolecular Hbond substituents is 1. The summed E-state index contributed by atoms with van der Waals surface area (Å²) in [5.41, 5.74) is 1.59. The summed E-state index contributed by atoms with van der Waals surface area (Å²) >= 11 is 3.39. The van der Waals surface area contributed by atoms with Gasteiger partial charge in [0.05, 0.1) is 5.71 Å². The lowest BCUT2D eigenvalue weighted by Crippen LogP contribution is -2.13. The summed E-state index contributed by atoms with van der Waals surface area (Å²) < 4.78 is 0.855. The van der Waals surface area contributed by atoms with Crippen molar-refractivity contribution in [3.63, 3.8) is 0 Å². The van der Waals surface area contributed by atoms with Crippen molar-refractivity contribution < 1.29 is 10.3 Å². The molecule has 1 rings (SSSR count). The van der Waals surface area contributed by atoms with Crippen molar-refractivity contribution in [1.29, 1.82) is 0 Å². The average molecular weight is 286 g/mol. The smallest absolute Gasteiger partial charge is 0.128 e. The van der Waals surface area contributed by atoms with E-state index in [-0.39, 0.29) is 11.2 Å². The van der Waals surface area contributed by atoms with Gasteiger partial charge in [-0.2, -0.15) is 0 Å². The standard InChI is InChI=1S/C12H16BrNO2/c1-7(14-16)9-5-8(13)6-10(11(9)15)12(2,3)4/h5-6,15-16H,1-4H3/b14-7+. The Bertz CT molecular complexity index is 433. The van der Waals surface area contributed by atoms with E-state index in [1.54, 1.807) is 13.0 Å². The van der Waals surface area contributed by atoms with E-state index in [1.165, 1.54) is 0 Å². The van der Waals surface area contributed by atoms with E-state index in [2.05, 4.69) is 21.1 Å². The Labute approximate surface area is 104 Å². The quantitative estimate of drug-likeness (QED) is 0.470. The summed E-state index contributed by atoms with van der Waals surface area (Å²) in [4.78, 5) is 0. The van der Waals surface area contributed by atoms with Gasteiger partial charge in [0, 0.05) is 15.6 Å². The van der Waals surface area contributed by atoms with Gasteiger partial charge in [0.2, 0.25) is 0 Å². The van der Waals surface area contributed by atoms with E-state index in [0.29, 0.717) is 11.3 Å². The summed E-state index contributed by atoms with van der Waals surface area (Å²) in [6.45, 7) is 7.70. The van der Waals surface area contributed by atoms with E-state index < -0.39 is 0 Å². The first-order valence-corrected chi connectivity index (χ1v) is 5.78. The van der Waals surface area contributed by atoms with Crippen molar-refractivity contribution in [2.45, 2.75) is 33.1 Å². The molecule has 0 heterocycles. The molecule has 0 saturated heterocycles. The maximum atomic E-state index is 10.1. The number of aromatic hydroxyl groups is 1. The number of rotatable bonds is 1. The number of benzene rings is 1. The molecule has 16 heavy (non-hydrogen) atoms. The number of nitrogens with zero attached hydrogens (tertiary/aromatic N) is 1. The molecule has 0 atom stereocenters. The summed E-state index contributed by atoms with van der Waals surface area (Å²) in [7, 11) is 0. The lowest BCUT2D eigenvalue weighted by Gasteiger charge is -2.22. The fourth-order valence-corrected chi connectivity index (χ4v) is 1.96. The third kappa shape index (κ3) is 2.55. The minimum Gasteiger partial charge on any atom is -0.507 e. The largest absolute Gasteiger partial charge is 0.507 e. The van der Waals surface area contributed by atoms with Crippen LogP contribution in [-0.4, -0.2) is 16.0 Å². The zero-order chi connectivity index (χ0) is 12.5. The van der Waals surface area contributed by atoms with Crippen LogP contribution in [0.3, 0.4) is 0 Å². The van der Waals surface area contributed by atoms with E-state index >= 15 is 0 Å². The van der Waals surface area contributed by atoms with Crippen molar-refractivity contribution in [3.05, 3.63) is 27.7 Å². The van der Waals surface area contributed by atoms with Crippen molar-refractivity contribution >= 4 is 21.6 Å². The number of phenols is 1. The minimum atomic E-state index is -0.168. The van der Waals surface area contributed by atoms with Crippen LogP contribution in [0.15, 0.2) is 21.8 Å². The third-order valence-electron chi connectivity index (χ3n) is 2.42. The molecule has 88 valence electrons. The van der Waals surface area contributed by atoms with E-state index in [0.717, 1.165) is 10.0 Å². The van der Waals surface area contributed by atoms with Crippen LogP contribution >= 0.6 is 15.9 Å². The minimum absolute atomic E-state index is 0.168. The summed E-state index contributed by atoms with van der Waals surface area (Å²) in [5, 5.41) is 22.0. The number of halogens is 1. The molecule has 0 fully saturated rings. The van der Waals surface area contributed by atoms with Crippen molar-refractivity contribution in [1.82, 2.24) is 0 Å². The molecule has 4 heteroatoms. The lowest BCUT2D eigenvalue weighted by molar-refractivity contribution is 0.318. The molecule has 1 aromatic rings. The Morgan fingerprint density at radius 1 is 1.31 bits per heavy atom. The highest BCUT2D eigenvalue weighted by Gasteiger charge is 2.21. The Morgan fingerprint density at radius 2 is 1.88 bits per heavy atom.